The van der Waals surface area contributed by atoms with Crippen LogP contribution in [0.15, 0.2) is 34.9 Å². The summed E-state index contributed by atoms with van der Waals surface area (Å²) in [6.45, 7) is 5.43. The van der Waals surface area contributed by atoms with Gasteiger partial charge in [-0.05, 0) is 44.5 Å². The van der Waals surface area contributed by atoms with Gasteiger partial charge in [0.1, 0.15) is 0 Å². The lowest BCUT2D eigenvalue weighted by atomic mass is 9.96. The van der Waals surface area contributed by atoms with E-state index >= 15 is 0 Å². The SMILES string of the molecule is CN(Cc1ccccc1)CC1CCN(Cc2noc(CN)n2)CC1.Cl.Cl. The van der Waals surface area contributed by atoms with Gasteiger partial charge in [0.2, 0.25) is 5.89 Å². The number of aromatic nitrogens is 2. The van der Waals surface area contributed by atoms with E-state index in [1.807, 2.05) is 0 Å². The fourth-order valence-corrected chi connectivity index (χ4v) is 3.36. The van der Waals surface area contributed by atoms with E-state index in [1.165, 1.54) is 18.4 Å². The zero-order valence-corrected chi connectivity index (χ0v) is 16.8. The second-order valence-electron chi connectivity index (χ2n) is 6.71. The summed E-state index contributed by atoms with van der Waals surface area (Å²) >= 11 is 0. The third-order valence-corrected chi connectivity index (χ3v) is 4.62. The van der Waals surface area contributed by atoms with Gasteiger partial charge < -0.3 is 15.2 Å². The fourth-order valence-electron chi connectivity index (χ4n) is 3.36. The minimum atomic E-state index is 0. The monoisotopic (exact) mass is 401 g/mol. The number of benzene rings is 1. The lowest BCUT2D eigenvalue weighted by molar-refractivity contribution is 0.144. The lowest BCUT2D eigenvalue weighted by Crippen LogP contribution is -2.37. The minimum Gasteiger partial charge on any atom is -0.338 e. The average molecular weight is 402 g/mol. The molecule has 0 atom stereocenters. The Bertz CT molecular complexity index is 617. The number of piperidine rings is 1. The van der Waals surface area contributed by atoms with E-state index in [4.69, 9.17) is 10.3 Å². The molecule has 1 fully saturated rings. The Kier molecular flexibility index (Phi) is 10.1. The first-order valence-electron chi connectivity index (χ1n) is 8.69. The van der Waals surface area contributed by atoms with E-state index in [-0.39, 0.29) is 24.8 Å². The Labute approximate surface area is 167 Å². The Morgan fingerprint density at radius 1 is 1.19 bits per heavy atom. The van der Waals surface area contributed by atoms with Crippen molar-refractivity contribution < 1.29 is 4.52 Å². The number of likely N-dealkylation sites (tertiary alicyclic amines) is 1. The van der Waals surface area contributed by atoms with Crippen LogP contribution in [0, 0.1) is 5.92 Å². The second-order valence-corrected chi connectivity index (χ2v) is 6.71. The van der Waals surface area contributed by atoms with Gasteiger partial charge in [-0.2, -0.15) is 4.98 Å². The molecule has 2 aromatic rings. The van der Waals surface area contributed by atoms with Crippen LogP contribution < -0.4 is 5.73 Å². The summed E-state index contributed by atoms with van der Waals surface area (Å²) in [6.07, 6.45) is 2.45. The van der Waals surface area contributed by atoms with Gasteiger partial charge in [0.25, 0.3) is 0 Å². The Balaban J connectivity index is 0.00000169. The van der Waals surface area contributed by atoms with Gasteiger partial charge in [0.05, 0.1) is 13.1 Å². The highest BCUT2D eigenvalue weighted by Crippen LogP contribution is 2.20. The molecule has 0 aliphatic carbocycles. The van der Waals surface area contributed by atoms with Crippen molar-refractivity contribution >= 4 is 24.8 Å². The molecule has 1 aromatic heterocycles. The first kappa shape index (κ1) is 22.9. The second kappa shape index (κ2) is 11.5. The van der Waals surface area contributed by atoms with Crippen LogP contribution >= 0.6 is 24.8 Å². The summed E-state index contributed by atoms with van der Waals surface area (Å²) in [7, 11) is 2.22. The van der Waals surface area contributed by atoms with Crippen molar-refractivity contribution in [3.05, 3.63) is 47.6 Å². The van der Waals surface area contributed by atoms with Gasteiger partial charge in [-0.3, -0.25) is 4.90 Å². The van der Waals surface area contributed by atoms with E-state index < -0.39 is 0 Å². The van der Waals surface area contributed by atoms with Gasteiger partial charge in [0.15, 0.2) is 5.82 Å². The topological polar surface area (TPSA) is 71.4 Å². The molecule has 1 aromatic carbocycles. The molecule has 26 heavy (non-hydrogen) atoms. The van der Waals surface area contributed by atoms with Crippen LogP contribution in [0.1, 0.15) is 30.1 Å². The van der Waals surface area contributed by atoms with Crippen molar-refractivity contribution in [2.45, 2.75) is 32.5 Å². The van der Waals surface area contributed by atoms with Crippen LogP contribution in [-0.4, -0.2) is 46.6 Å². The molecule has 146 valence electrons. The van der Waals surface area contributed by atoms with Crippen LogP contribution in [0.4, 0.5) is 0 Å². The van der Waals surface area contributed by atoms with Crippen LogP contribution in [-0.2, 0) is 19.6 Å². The molecule has 0 unspecified atom stereocenters. The molecular formula is C18H29Cl2N5O. The normalized spacial score (nSPS) is 15.5. The first-order valence-corrected chi connectivity index (χ1v) is 8.69. The van der Waals surface area contributed by atoms with Crippen molar-refractivity contribution in [1.29, 1.82) is 0 Å². The molecule has 1 saturated heterocycles. The molecule has 0 saturated carbocycles. The molecule has 1 aliphatic heterocycles. The zero-order chi connectivity index (χ0) is 16.8. The van der Waals surface area contributed by atoms with E-state index in [2.05, 4.69) is 57.3 Å². The van der Waals surface area contributed by atoms with Crippen LogP contribution in [0.2, 0.25) is 0 Å². The predicted octanol–water partition coefficient (Wildman–Crippen LogP) is 2.72. The molecule has 0 amide bonds. The summed E-state index contributed by atoms with van der Waals surface area (Å²) in [5, 5.41) is 3.98. The molecule has 8 heteroatoms. The Morgan fingerprint density at radius 2 is 1.88 bits per heavy atom. The highest BCUT2D eigenvalue weighted by atomic mass is 35.5. The number of halogens is 2. The summed E-state index contributed by atoms with van der Waals surface area (Å²) in [5.41, 5.74) is 6.88. The molecule has 0 radical (unpaired) electrons. The van der Waals surface area contributed by atoms with Gasteiger partial charge in [-0.15, -0.1) is 24.8 Å². The van der Waals surface area contributed by atoms with Crippen LogP contribution in [0.3, 0.4) is 0 Å². The maximum absolute atomic E-state index is 5.50. The number of hydrogen-bond donors (Lipinski definition) is 1. The van der Waals surface area contributed by atoms with E-state index in [0.29, 0.717) is 12.4 Å². The summed E-state index contributed by atoms with van der Waals surface area (Å²) in [4.78, 5) is 9.12. The van der Waals surface area contributed by atoms with E-state index in [0.717, 1.165) is 44.5 Å². The maximum atomic E-state index is 5.50. The number of hydrogen-bond acceptors (Lipinski definition) is 6. The third-order valence-electron chi connectivity index (χ3n) is 4.62. The number of nitrogens with zero attached hydrogens (tertiary/aromatic N) is 4. The molecule has 2 heterocycles. The molecular weight excluding hydrogens is 373 g/mol. The minimum absolute atomic E-state index is 0. The Hall–Kier alpha value is -1.18. The van der Waals surface area contributed by atoms with E-state index in [9.17, 15) is 0 Å². The fraction of sp³-hybridized carbons (Fsp3) is 0.556. The van der Waals surface area contributed by atoms with Crippen molar-refractivity contribution in [3.63, 3.8) is 0 Å². The first-order chi connectivity index (χ1) is 11.7. The molecule has 3 rings (SSSR count). The molecule has 0 bridgehead atoms. The number of rotatable bonds is 7. The highest BCUT2D eigenvalue weighted by molar-refractivity contribution is 5.85. The van der Waals surface area contributed by atoms with Gasteiger partial charge >= 0.3 is 0 Å². The van der Waals surface area contributed by atoms with Crippen molar-refractivity contribution in [1.82, 2.24) is 19.9 Å². The highest BCUT2D eigenvalue weighted by Gasteiger charge is 2.21. The van der Waals surface area contributed by atoms with Gasteiger partial charge in [-0.25, -0.2) is 0 Å². The molecule has 6 nitrogen and oxygen atoms in total. The largest absolute Gasteiger partial charge is 0.338 e. The summed E-state index contributed by atoms with van der Waals surface area (Å²) in [5.74, 6) is 2.03. The quantitative estimate of drug-likeness (QED) is 0.768. The third kappa shape index (κ3) is 6.85. The lowest BCUT2D eigenvalue weighted by Gasteiger charge is -2.33. The molecule has 2 N–H and O–H groups in total. The van der Waals surface area contributed by atoms with Gasteiger partial charge in [0, 0.05) is 13.1 Å². The predicted molar refractivity (Wildman–Crippen MR) is 107 cm³/mol. The average Bonchev–Trinajstić information content (AvgIpc) is 3.05. The Morgan fingerprint density at radius 3 is 2.50 bits per heavy atom. The van der Waals surface area contributed by atoms with Crippen molar-refractivity contribution in [3.8, 4) is 0 Å². The smallest absolute Gasteiger partial charge is 0.240 e. The zero-order valence-electron chi connectivity index (χ0n) is 15.2. The van der Waals surface area contributed by atoms with Gasteiger partial charge in [-0.1, -0.05) is 35.5 Å². The van der Waals surface area contributed by atoms with Crippen LogP contribution in [0.5, 0.6) is 0 Å². The molecule has 1 aliphatic rings. The van der Waals surface area contributed by atoms with Crippen molar-refractivity contribution in [2.24, 2.45) is 11.7 Å². The number of nitrogens with two attached hydrogens (primary N) is 1. The molecule has 0 spiro atoms. The summed E-state index contributed by atoms with van der Waals surface area (Å²) in [6, 6.07) is 10.7. The summed E-state index contributed by atoms with van der Waals surface area (Å²) < 4.78 is 5.07. The standard InChI is InChI=1S/C18H27N5O.2ClH/c1-22(12-15-5-3-2-4-6-15)13-16-7-9-23(10-8-16)14-17-20-18(11-19)24-21-17;;/h2-6,16H,7-14,19H2,1H3;2*1H. The van der Waals surface area contributed by atoms with E-state index in [1.54, 1.807) is 0 Å². The van der Waals surface area contributed by atoms with Crippen molar-refractivity contribution in [2.75, 3.05) is 26.7 Å². The maximum Gasteiger partial charge on any atom is 0.240 e. The van der Waals surface area contributed by atoms with Crippen LogP contribution in [0.25, 0.3) is 0 Å².